The first kappa shape index (κ1) is 14.4. The van der Waals surface area contributed by atoms with E-state index in [2.05, 4.69) is 50.7 Å². The number of imidazole rings is 1. The van der Waals surface area contributed by atoms with E-state index < -0.39 is 0 Å². The summed E-state index contributed by atoms with van der Waals surface area (Å²) >= 11 is 3.50. The number of hydrogen-bond acceptors (Lipinski definition) is 3. The molecule has 116 valence electrons. The van der Waals surface area contributed by atoms with Gasteiger partial charge in [0.05, 0.1) is 29.3 Å². The summed E-state index contributed by atoms with van der Waals surface area (Å²) in [4.78, 5) is 20.7. The number of carbonyl (C=O) groups excluding carboxylic acids is 1. The first-order chi connectivity index (χ1) is 11.0. The van der Waals surface area contributed by atoms with Gasteiger partial charge in [-0.25, -0.2) is 9.97 Å². The number of nitrogens with one attached hydrogen (secondary N) is 1. The molecule has 1 aromatic carbocycles. The molecular formula is C17H15BrN4O. The van der Waals surface area contributed by atoms with E-state index in [9.17, 15) is 4.79 Å². The molecule has 1 N–H and O–H groups in total. The Labute approximate surface area is 141 Å². The fourth-order valence-corrected chi connectivity index (χ4v) is 3.30. The van der Waals surface area contributed by atoms with Crippen molar-refractivity contribution in [1.82, 2.24) is 14.5 Å². The van der Waals surface area contributed by atoms with Gasteiger partial charge in [-0.2, -0.15) is 0 Å². The fourth-order valence-electron chi connectivity index (χ4n) is 2.95. The van der Waals surface area contributed by atoms with Gasteiger partial charge in [-0.15, -0.1) is 0 Å². The van der Waals surface area contributed by atoms with Crippen molar-refractivity contribution in [2.75, 3.05) is 5.32 Å². The zero-order valence-corrected chi connectivity index (χ0v) is 14.4. The summed E-state index contributed by atoms with van der Waals surface area (Å²) in [7, 11) is 0. The highest BCUT2D eigenvalue weighted by molar-refractivity contribution is 9.10. The Bertz CT molecular complexity index is 945. The predicted octanol–water partition coefficient (Wildman–Crippen LogP) is 3.80. The lowest BCUT2D eigenvalue weighted by atomic mass is 10.2. The summed E-state index contributed by atoms with van der Waals surface area (Å²) < 4.78 is 3.13. The van der Waals surface area contributed by atoms with Crippen LogP contribution in [0, 0.1) is 0 Å². The summed E-state index contributed by atoms with van der Waals surface area (Å²) in [6.45, 7) is 4.25. The molecule has 6 heteroatoms. The van der Waals surface area contributed by atoms with Crippen LogP contribution in [0.5, 0.6) is 0 Å². The Hall–Kier alpha value is -2.21. The Morgan fingerprint density at radius 3 is 2.91 bits per heavy atom. The van der Waals surface area contributed by atoms with Crippen molar-refractivity contribution in [3.63, 3.8) is 0 Å². The van der Waals surface area contributed by atoms with Gasteiger partial charge < -0.3 is 5.32 Å². The molecule has 5 nitrogen and oxygen atoms in total. The van der Waals surface area contributed by atoms with Crippen LogP contribution in [-0.4, -0.2) is 20.4 Å². The average Bonchev–Trinajstić information content (AvgIpc) is 3.05. The number of fused-ring (bicyclic) bond motifs is 2. The molecule has 3 heterocycles. The normalized spacial score (nSPS) is 13.7. The summed E-state index contributed by atoms with van der Waals surface area (Å²) in [5.74, 6) is 1.91. The maximum absolute atomic E-state index is 11.5. The number of amides is 1. The van der Waals surface area contributed by atoms with Gasteiger partial charge in [-0.1, -0.05) is 29.8 Å². The summed E-state index contributed by atoms with van der Waals surface area (Å²) in [6, 6.07) is 8.10. The first-order valence-electron chi connectivity index (χ1n) is 7.50. The average molecular weight is 371 g/mol. The van der Waals surface area contributed by atoms with Crippen molar-refractivity contribution in [3.8, 4) is 5.69 Å². The molecule has 0 spiro atoms. The van der Waals surface area contributed by atoms with Crippen molar-refractivity contribution >= 4 is 38.7 Å². The molecule has 1 amide bonds. The summed E-state index contributed by atoms with van der Waals surface area (Å²) in [5.41, 5.74) is 3.85. The van der Waals surface area contributed by atoms with Crippen LogP contribution >= 0.6 is 15.9 Å². The molecule has 1 aliphatic rings. The van der Waals surface area contributed by atoms with E-state index >= 15 is 0 Å². The molecule has 0 aliphatic carbocycles. The Kier molecular flexibility index (Phi) is 3.23. The van der Waals surface area contributed by atoms with Gasteiger partial charge in [0.1, 0.15) is 11.6 Å². The van der Waals surface area contributed by atoms with Crippen molar-refractivity contribution < 1.29 is 4.79 Å². The number of aromatic nitrogens is 3. The molecule has 0 radical (unpaired) electrons. The first-order valence-corrected chi connectivity index (χ1v) is 8.29. The van der Waals surface area contributed by atoms with Crippen molar-refractivity contribution in [3.05, 3.63) is 46.3 Å². The topological polar surface area (TPSA) is 59.8 Å². The minimum atomic E-state index is -0.00634. The molecule has 1 aliphatic heterocycles. The summed E-state index contributed by atoms with van der Waals surface area (Å²) in [6.07, 6.45) is 2.17. The van der Waals surface area contributed by atoms with Crippen LogP contribution in [0.4, 0.5) is 5.82 Å². The fraction of sp³-hybridized carbons (Fsp3) is 0.235. The molecule has 3 aromatic rings. The SMILES string of the molecule is CC(C)c1nc2cc(Br)ccc2n1-c1cnc2c(c1)CC(=O)N2. The maximum atomic E-state index is 11.5. The largest absolute Gasteiger partial charge is 0.310 e. The Morgan fingerprint density at radius 2 is 2.13 bits per heavy atom. The molecular weight excluding hydrogens is 356 g/mol. The van der Waals surface area contributed by atoms with Crippen molar-refractivity contribution in [2.45, 2.75) is 26.2 Å². The van der Waals surface area contributed by atoms with E-state index in [4.69, 9.17) is 4.98 Å². The van der Waals surface area contributed by atoms with Crippen LogP contribution in [0.2, 0.25) is 0 Å². The number of pyridine rings is 1. The quantitative estimate of drug-likeness (QED) is 0.746. The molecule has 0 bridgehead atoms. The predicted molar refractivity (Wildman–Crippen MR) is 93.0 cm³/mol. The molecule has 2 aromatic heterocycles. The van der Waals surface area contributed by atoms with Gasteiger partial charge in [0.25, 0.3) is 0 Å². The van der Waals surface area contributed by atoms with Gasteiger partial charge in [0.2, 0.25) is 5.91 Å². The number of halogens is 1. The summed E-state index contributed by atoms with van der Waals surface area (Å²) in [5, 5.41) is 2.77. The number of benzene rings is 1. The Morgan fingerprint density at radius 1 is 1.30 bits per heavy atom. The standard InChI is InChI=1S/C17H15BrN4O/c1-9(2)17-20-13-7-11(18)3-4-14(13)22(17)12-5-10-6-15(23)21-16(10)19-8-12/h3-5,7-9H,6H2,1-2H3,(H,19,21,23). The third-order valence-corrected chi connectivity index (χ3v) is 4.47. The minimum absolute atomic E-state index is 0.00634. The van der Waals surface area contributed by atoms with Gasteiger partial charge in [-0.3, -0.25) is 9.36 Å². The van der Waals surface area contributed by atoms with E-state index in [1.54, 1.807) is 6.20 Å². The smallest absolute Gasteiger partial charge is 0.230 e. The monoisotopic (exact) mass is 370 g/mol. The lowest BCUT2D eigenvalue weighted by Crippen LogP contribution is -2.04. The van der Waals surface area contributed by atoms with Gasteiger partial charge in [0, 0.05) is 16.0 Å². The molecule has 0 saturated heterocycles. The number of anilines is 1. The minimum Gasteiger partial charge on any atom is -0.310 e. The van der Waals surface area contributed by atoms with Crippen LogP contribution in [0.3, 0.4) is 0 Å². The molecule has 0 fully saturated rings. The number of nitrogens with zero attached hydrogens (tertiary/aromatic N) is 3. The van der Waals surface area contributed by atoms with Crippen LogP contribution < -0.4 is 5.32 Å². The zero-order valence-electron chi connectivity index (χ0n) is 12.8. The maximum Gasteiger partial charge on any atom is 0.230 e. The lowest BCUT2D eigenvalue weighted by molar-refractivity contribution is -0.115. The van der Waals surface area contributed by atoms with E-state index in [0.717, 1.165) is 32.6 Å². The molecule has 0 saturated carbocycles. The molecule has 4 rings (SSSR count). The van der Waals surface area contributed by atoms with Crippen LogP contribution in [0.25, 0.3) is 16.7 Å². The van der Waals surface area contributed by atoms with Crippen LogP contribution in [0.15, 0.2) is 34.9 Å². The van der Waals surface area contributed by atoms with Crippen molar-refractivity contribution in [1.29, 1.82) is 0 Å². The second-order valence-corrected chi connectivity index (χ2v) is 6.94. The van der Waals surface area contributed by atoms with E-state index in [1.807, 2.05) is 18.2 Å². The number of carbonyl (C=O) groups is 1. The van der Waals surface area contributed by atoms with E-state index in [0.29, 0.717) is 12.2 Å². The second kappa shape index (κ2) is 5.16. The van der Waals surface area contributed by atoms with Gasteiger partial charge in [0.15, 0.2) is 0 Å². The number of rotatable bonds is 2. The van der Waals surface area contributed by atoms with Gasteiger partial charge >= 0.3 is 0 Å². The Balaban J connectivity index is 1.96. The third kappa shape index (κ3) is 2.34. The van der Waals surface area contributed by atoms with Crippen LogP contribution in [0.1, 0.15) is 31.2 Å². The van der Waals surface area contributed by atoms with E-state index in [1.165, 1.54) is 0 Å². The van der Waals surface area contributed by atoms with Gasteiger partial charge in [-0.05, 0) is 24.3 Å². The molecule has 0 unspecified atom stereocenters. The highest BCUT2D eigenvalue weighted by Gasteiger charge is 2.21. The molecule has 23 heavy (non-hydrogen) atoms. The third-order valence-electron chi connectivity index (χ3n) is 3.98. The lowest BCUT2D eigenvalue weighted by Gasteiger charge is -2.12. The van der Waals surface area contributed by atoms with Crippen LogP contribution in [-0.2, 0) is 11.2 Å². The zero-order chi connectivity index (χ0) is 16.1. The van der Waals surface area contributed by atoms with E-state index in [-0.39, 0.29) is 11.8 Å². The highest BCUT2D eigenvalue weighted by atomic mass is 79.9. The molecule has 0 atom stereocenters. The second-order valence-electron chi connectivity index (χ2n) is 6.02. The number of hydrogen-bond donors (Lipinski definition) is 1. The van der Waals surface area contributed by atoms with Crippen molar-refractivity contribution in [2.24, 2.45) is 0 Å². The highest BCUT2D eigenvalue weighted by Crippen LogP contribution is 2.30.